The Kier molecular flexibility index (Phi) is 6.72. The third-order valence-electron chi connectivity index (χ3n) is 5.36. The maximum atomic E-state index is 12.3. The molecule has 154 valence electrons. The monoisotopic (exact) mass is 403 g/mol. The number of amides is 2. The summed E-state index contributed by atoms with van der Waals surface area (Å²) < 4.78 is 7.75. The number of nitrogens with zero attached hydrogens (tertiary/aromatic N) is 3. The van der Waals surface area contributed by atoms with Crippen LogP contribution in [-0.4, -0.2) is 41.3 Å². The van der Waals surface area contributed by atoms with Crippen molar-refractivity contribution in [1.29, 1.82) is 0 Å². The highest BCUT2D eigenvalue weighted by Gasteiger charge is 2.23. The second-order valence-electron chi connectivity index (χ2n) is 9.06. The number of rotatable bonds is 7. The van der Waals surface area contributed by atoms with E-state index in [1.807, 2.05) is 16.8 Å². The van der Waals surface area contributed by atoms with Crippen LogP contribution < -0.4 is 10.6 Å². The first-order valence-electron chi connectivity index (χ1n) is 10.3. The van der Waals surface area contributed by atoms with Crippen LogP contribution in [0.4, 0.5) is 10.6 Å². The molecule has 0 unspecified atom stereocenters. The van der Waals surface area contributed by atoms with Gasteiger partial charge in [0.1, 0.15) is 12.2 Å². The van der Waals surface area contributed by atoms with Gasteiger partial charge in [-0.3, -0.25) is 5.32 Å². The van der Waals surface area contributed by atoms with Crippen LogP contribution in [0.2, 0.25) is 25.7 Å². The van der Waals surface area contributed by atoms with E-state index in [1.54, 1.807) is 6.20 Å². The van der Waals surface area contributed by atoms with E-state index in [0.717, 1.165) is 30.2 Å². The molecule has 28 heavy (non-hydrogen) atoms. The zero-order valence-corrected chi connectivity index (χ0v) is 18.5. The molecular formula is C20H33N5O2Si. The van der Waals surface area contributed by atoms with Crippen molar-refractivity contribution < 1.29 is 9.53 Å². The number of carbonyl (C=O) groups is 1. The highest BCUT2D eigenvalue weighted by molar-refractivity contribution is 6.76. The maximum absolute atomic E-state index is 12.3. The molecule has 2 heterocycles. The van der Waals surface area contributed by atoms with Crippen LogP contribution in [0.3, 0.4) is 0 Å². The summed E-state index contributed by atoms with van der Waals surface area (Å²) in [5.41, 5.74) is 1.51. The molecule has 1 aliphatic carbocycles. The zero-order chi connectivity index (χ0) is 20.1. The molecule has 8 heteroatoms. The number of urea groups is 1. The number of hydrogen-bond acceptors (Lipinski definition) is 4. The maximum Gasteiger partial charge on any atom is 0.320 e. The predicted octanol–water partition coefficient (Wildman–Crippen LogP) is 4.44. The minimum atomic E-state index is -1.09. The summed E-state index contributed by atoms with van der Waals surface area (Å²) in [6.07, 6.45) is 8.16. The van der Waals surface area contributed by atoms with Gasteiger partial charge in [-0.05, 0) is 30.9 Å². The minimum absolute atomic E-state index is 0.207. The quantitative estimate of drug-likeness (QED) is 0.529. The Hall–Kier alpha value is -1.93. The van der Waals surface area contributed by atoms with Gasteiger partial charge in [-0.2, -0.15) is 0 Å². The Morgan fingerprint density at radius 1 is 1.32 bits per heavy atom. The molecule has 3 rings (SSSR count). The molecule has 7 nitrogen and oxygen atoms in total. The predicted molar refractivity (Wildman–Crippen MR) is 115 cm³/mol. The van der Waals surface area contributed by atoms with Crippen LogP contribution in [-0.2, 0) is 11.5 Å². The van der Waals surface area contributed by atoms with Gasteiger partial charge in [0.2, 0.25) is 0 Å². The Morgan fingerprint density at radius 2 is 2.11 bits per heavy atom. The fourth-order valence-electron chi connectivity index (χ4n) is 3.52. The van der Waals surface area contributed by atoms with E-state index in [4.69, 9.17) is 4.74 Å². The van der Waals surface area contributed by atoms with Crippen molar-refractivity contribution in [1.82, 2.24) is 19.9 Å². The van der Waals surface area contributed by atoms with Crippen LogP contribution in [0.1, 0.15) is 32.6 Å². The van der Waals surface area contributed by atoms with Crippen molar-refractivity contribution in [3.63, 3.8) is 0 Å². The number of nitrogens with one attached hydrogen (secondary N) is 2. The van der Waals surface area contributed by atoms with E-state index in [-0.39, 0.29) is 12.1 Å². The number of carbonyl (C=O) groups excluding carboxylic acids is 1. The molecule has 0 aliphatic heterocycles. The molecule has 1 aliphatic rings. The summed E-state index contributed by atoms with van der Waals surface area (Å²) in [5.74, 6) is 0.980. The number of anilines is 1. The second kappa shape index (κ2) is 9.04. The third-order valence-corrected chi connectivity index (χ3v) is 7.06. The van der Waals surface area contributed by atoms with Gasteiger partial charge in [-0.1, -0.05) is 39.4 Å². The van der Waals surface area contributed by atoms with E-state index < -0.39 is 8.07 Å². The topological polar surface area (TPSA) is 81.1 Å². The van der Waals surface area contributed by atoms with Crippen LogP contribution in [0.5, 0.6) is 0 Å². The number of ether oxygens (including phenoxy) is 1. The summed E-state index contributed by atoms with van der Waals surface area (Å²) in [6, 6.07) is 3.07. The average Bonchev–Trinajstić information content (AvgIpc) is 3.02. The largest absolute Gasteiger partial charge is 0.361 e. The molecule has 2 aromatic heterocycles. The van der Waals surface area contributed by atoms with Gasteiger partial charge >= 0.3 is 6.03 Å². The van der Waals surface area contributed by atoms with Gasteiger partial charge in [-0.25, -0.2) is 14.8 Å². The van der Waals surface area contributed by atoms with Gasteiger partial charge in [0.05, 0.1) is 6.20 Å². The summed E-state index contributed by atoms with van der Waals surface area (Å²) in [4.78, 5) is 21.3. The molecule has 2 atom stereocenters. The lowest BCUT2D eigenvalue weighted by Gasteiger charge is -2.29. The lowest BCUT2D eigenvalue weighted by atomic mass is 9.86. The lowest BCUT2D eigenvalue weighted by molar-refractivity contribution is 0.0899. The first kappa shape index (κ1) is 20.8. The fraction of sp³-hybridized carbons (Fsp3) is 0.650. The van der Waals surface area contributed by atoms with Crippen molar-refractivity contribution in [2.75, 3.05) is 11.9 Å². The van der Waals surface area contributed by atoms with Gasteiger partial charge < -0.3 is 14.6 Å². The van der Waals surface area contributed by atoms with Crippen molar-refractivity contribution in [3.8, 4) is 0 Å². The van der Waals surface area contributed by atoms with Crippen LogP contribution in [0, 0.1) is 5.92 Å². The first-order valence-corrected chi connectivity index (χ1v) is 14.0. The molecule has 2 aromatic rings. The summed E-state index contributed by atoms with van der Waals surface area (Å²) in [5, 5.41) is 5.90. The molecule has 2 amide bonds. The second-order valence-corrected chi connectivity index (χ2v) is 14.7. The first-order chi connectivity index (χ1) is 13.3. The van der Waals surface area contributed by atoms with E-state index in [1.165, 1.54) is 19.3 Å². The standard InChI is InChI=1S/C20H33N5O2Si/c1-15-7-5-6-8-16(15)23-20(26)24-18-13-21-19-17(22-18)9-10-25(19)14-27-11-12-28(2,3)4/h9-10,13,15-16H,5-8,11-12,14H2,1-4H3,(H2,22,23,24,26)/t15-,16+/m1/s1. The Morgan fingerprint density at radius 3 is 2.86 bits per heavy atom. The van der Waals surface area contributed by atoms with Gasteiger partial charge in [0.25, 0.3) is 0 Å². The van der Waals surface area contributed by atoms with Gasteiger partial charge in [0, 0.05) is 26.9 Å². The summed E-state index contributed by atoms with van der Waals surface area (Å²) >= 11 is 0. The van der Waals surface area contributed by atoms with E-state index in [2.05, 4.69) is 47.2 Å². The highest BCUT2D eigenvalue weighted by Crippen LogP contribution is 2.23. The van der Waals surface area contributed by atoms with Crippen LogP contribution in [0.25, 0.3) is 11.2 Å². The highest BCUT2D eigenvalue weighted by atomic mass is 28.3. The van der Waals surface area contributed by atoms with Gasteiger partial charge in [-0.15, -0.1) is 0 Å². The van der Waals surface area contributed by atoms with Crippen molar-refractivity contribution in [2.45, 2.75) is 71.1 Å². The van der Waals surface area contributed by atoms with Crippen molar-refractivity contribution >= 4 is 31.1 Å². The molecular weight excluding hydrogens is 370 g/mol. The SMILES string of the molecule is C[C@@H]1CCCC[C@@H]1NC(=O)Nc1cnc2c(ccn2COCC[Si](C)(C)C)n1. The molecule has 0 saturated heterocycles. The normalized spacial score (nSPS) is 20.3. The molecule has 0 bridgehead atoms. The number of hydrogen-bond donors (Lipinski definition) is 2. The van der Waals surface area contributed by atoms with Crippen molar-refractivity contribution in [2.24, 2.45) is 5.92 Å². The number of fused-ring (bicyclic) bond motifs is 1. The lowest BCUT2D eigenvalue weighted by Crippen LogP contribution is -2.43. The van der Waals surface area contributed by atoms with Crippen molar-refractivity contribution in [3.05, 3.63) is 18.5 Å². The van der Waals surface area contributed by atoms with E-state index >= 15 is 0 Å². The Labute approximate surface area is 168 Å². The van der Waals surface area contributed by atoms with Crippen LogP contribution in [0.15, 0.2) is 18.5 Å². The smallest absolute Gasteiger partial charge is 0.320 e. The average molecular weight is 404 g/mol. The molecule has 0 aromatic carbocycles. The Balaban J connectivity index is 1.55. The van der Waals surface area contributed by atoms with Gasteiger partial charge in [0.15, 0.2) is 11.5 Å². The molecule has 1 fully saturated rings. The summed E-state index contributed by atoms with van der Waals surface area (Å²) in [7, 11) is -1.09. The third kappa shape index (κ3) is 5.78. The molecule has 1 saturated carbocycles. The molecule has 0 radical (unpaired) electrons. The van der Waals surface area contributed by atoms with E-state index in [9.17, 15) is 4.79 Å². The molecule has 0 spiro atoms. The zero-order valence-electron chi connectivity index (χ0n) is 17.5. The fourth-order valence-corrected chi connectivity index (χ4v) is 4.28. The minimum Gasteiger partial charge on any atom is -0.361 e. The summed E-state index contributed by atoms with van der Waals surface area (Å²) in [6.45, 7) is 10.5. The van der Waals surface area contributed by atoms with Crippen LogP contribution >= 0.6 is 0 Å². The molecule has 2 N–H and O–H groups in total. The number of aromatic nitrogens is 3. The Bertz CT molecular complexity index is 801. The van der Waals surface area contributed by atoms with E-state index in [0.29, 0.717) is 18.5 Å².